The minimum Gasteiger partial charge on any atom is -0.383 e. The molecule has 23 heavy (non-hydrogen) atoms. The number of aromatic nitrogens is 3. The van der Waals surface area contributed by atoms with Gasteiger partial charge in [0.2, 0.25) is 0 Å². The maximum atomic E-state index is 6.17. The molecule has 116 valence electrons. The van der Waals surface area contributed by atoms with Gasteiger partial charge < -0.3 is 5.32 Å². The van der Waals surface area contributed by atoms with Crippen molar-refractivity contribution < 1.29 is 0 Å². The molecular weight excluding hydrogens is 308 g/mol. The number of nitrogens with one attached hydrogen (secondary N) is 1. The van der Waals surface area contributed by atoms with Crippen molar-refractivity contribution in [1.82, 2.24) is 14.8 Å². The Bertz CT molecular complexity index is 884. The van der Waals surface area contributed by atoms with Gasteiger partial charge in [0.05, 0.1) is 11.4 Å². The quantitative estimate of drug-likeness (QED) is 0.720. The van der Waals surface area contributed by atoms with Crippen molar-refractivity contribution in [3.63, 3.8) is 0 Å². The average molecular weight is 325 g/mol. The fourth-order valence-corrected chi connectivity index (χ4v) is 3.22. The zero-order chi connectivity index (χ0) is 16.0. The van der Waals surface area contributed by atoms with Gasteiger partial charge in [-0.25, -0.2) is 0 Å². The first-order chi connectivity index (χ1) is 11.1. The van der Waals surface area contributed by atoms with Crippen LogP contribution in [0.3, 0.4) is 0 Å². The molecule has 0 aliphatic carbocycles. The highest BCUT2D eigenvalue weighted by molar-refractivity contribution is 6.31. The molecule has 0 bridgehead atoms. The van der Waals surface area contributed by atoms with Crippen molar-refractivity contribution in [2.75, 3.05) is 11.9 Å². The summed E-state index contributed by atoms with van der Waals surface area (Å²) in [4.78, 5) is 0. The van der Waals surface area contributed by atoms with Crippen molar-refractivity contribution in [2.45, 2.75) is 19.8 Å². The summed E-state index contributed by atoms with van der Waals surface area (Å²) < 4.78 is 2.15. The first kappa shape index (κ1) is 14.3. The number of halogens is 1. The molecule has 5 heteroatoms. The van der Waals surface area contributed by atoms with Crippen LogP contribution in [0.15, 0.2) is 42.5 Å². The minimum absolute atomic E-state index is 0.256. The third-order valence-corrected chi connectivity index (χ3v) is 4.55. The second kappa shape index (κ2) is 5.39. The Morgan fingerprint density at radius 3 is 2.83 bits per heavy atom. The first-order valence-corrected chi connectivity index (χ1v) is 8.08. The summed E-state index contributed by atoms with van der Waals surface area (Å²) in [5, 5.41) is 13.2. The third-order valence-electron chi connectivity index (χ3n) is 4.31. The molecule has 4 nitrogen and oxygen atoms in total. The Hall–Kier alpha value is -2.33. The van der Waals surface area contributed by atoms with Crippen LogP contribution < -0.4 is 5.32 Å². The van der Waals surface area contributed by atoms with Crippen LogP contribution in [-0.2, 0) is 0 Å². The highest BCUT2D eigenvalue weighted by atomic mass is 35.5. The van der Waals surface area contributed by atoms with Crippen LogP contribution in [0.2, 0.25) is 5.02 Å². The predicted octanol–water partition coefficient (Wildman–Crippen LogP) is 4.43. The van der Waals surface area contributed by atoms with Gasteiger partial charge in [-0.3, -0.25) is 4.57 Å². The second-order valence-corrected chi connectivity index (χ2v) is 6.41. The van der Waals surface area contributed by atoms with Gasteiger partial charge in [-0.1, -0.05) is 42.8 Å². The summed E-state index contributed by atoms with van der Waals surface area (Å²) in [6, 6.07) is 14.1. The monoisotopic (exact) mass is 324 g/mol. The lowest BCUT2D eigenvalue weighted by Gasteiger charge is -2.13. The Morgan fingerprint density at radius 2 is 2.00 bits per heavy atom. The van der Waals surface area contributed by atoms with E-state index in [2.05, 4.69) is 46.1 Å². The number of anilines is 1. The van der Waals surface area contributed by atoms with Crippen LogP contribution in [0.25, 0.3) is 17.1 Å². The molecule has 1 aliphatic heterocycles. The molecule has 1 atom stereocenters. The fourth-order valence-electron chi connectivity index (χ4n) is 3.05. The maximum Gasteiger partial charge on any atom is 0.168 e. The summed E-state index contributed by atoms with van der Waals surface area (Å²) in [7, 11) is 0. The Balaban J connectivity index is 2.01. The second-order valence-electron chi connectivity index (χ2n) is 5.98. The van der Waals surface area contributed by atoms with Gasteiger partial charge in [-0.05, 0) is 30.7 Å². The topological polar surface area (TPSA) is 42.7 Å². The molecule has 3 aromatic rings. The molecule has 0 amide bonds. The highest BCUT2D eigenvalue weighted by Crippen LogP contribution is 2.35. The summed E-state index contributed by atoms with van der Waals surface area (Å²) >= 11 is 6.17. The molecule has 4 rings (SSSR count). The third kappa shape index (κ3) is 2.30. The van der Waals surface area contributed by atoms with Crippen molar-refractivity contribution >= 4 is 17.3 Å². The lowest BCUT2D eigenvalue weighted by atomic mass is 10.1. The molecule has 0 spiro atoms. The number of nitrogens with zero attached hydrogens (tertiary/aromatic N) is 3. The summed E-state index contributed by atoms with van der Waals surface area (Å²) in [6.45, 7) is 5.06. The first-order valence-electron chi connectivity index (χ1n) is 7.70. The molecule has 0 fully saturated rings. The Morgan fingerprint density at radius 1 is 1.17 bits per heavy atom. The normalized spacial score (nSPS) is 16.2. The van der Waals surface area contributed by atoms with Crippen LogP contribution in [0.4, 0.5) is 5.69 Å². The average Bonchev–Trinajstić information content (AvgIpc) is 2.92. The minimum atomic E-state index is 0.256. The molecule has 1 aromatic heterocycles. The zero-order valence-electron chi connectivity index (χ0n) is 13.0. The summed E-state index contributed by atoms with van der Waals surface area (Å²) in [6.07, 6.45) is 0. The van der Waals surface area contributed by atoms with Crippen LogP contribution in [0, 0.1) is 6.92 Å². The number of fused-ring (bicyclic) bond motifs is 3. The molecule has 0 saturated carbocycles. The summed E-state index contributed by atoms with van der Waals surface area (Å²) in [5.74, 6) is 2.10. The molecule has 1 unspecified atom stereocenters. The summed E-state index contributed by atoms with van der Waals surface area (Å²) in [5.41, 5.74) is 4.33. The Labute approximate surface area is 140 Å². The van der Waals surface area contributed by atoms with Gasteiger partial charge in [-0.2, -0.15) is 0 Å². The number of aryl methyl sites for hydroxylation is 1. The zero-order valence-corrected chi connectivity index (χ0v) is 13.8. The standard InChI is InChI=1S/C18H17ClN4/c1-11-5-3-4-6-14(11)18-22-21-17-12(2)10-20-15-9-13(19)7-8-16(15)23(17)18/h3-9,12,20H,10H2,1-2H3. The van der Waals surface area contributed by atoms with Gasteiger partial charge in [-0.15, -0.1) is 10.2 Å². The van der Waals surface area contributed by atoms with Crippen molar-refractivity contribution in [1.29, 1.82) is 0 Å². The van der Waals surface area contributed by atoms with Crippen LogP contribution in [0.5, 0.6) is 0 Å². The fraction of sp³-hybridized carbons (Fsp3) is 0.222. The molecular formula is C18H17ClN4. The number of rotatable bonds is 1. The SMILES string of the molecule is Cc1ccccc1-c1nnc2n1-c1ccc(Cl)cc1NCC2C. The van der Waals surface area contributed by atoms with E-state index in [1.807, 2.05) is 30.3 Å². The Kier molecular flexibility index (Phi) is 3.34. The molecule has 0 saturated heterocycles. The van der Waals surface area contributed by atoms with E-state index in [-0.39, 0.29) is 5.92 Å². The van der Waals surface area contributed by atoms with Gasteiger partial charge >= 0.3 is 0 Å². The van der Waals surface area contributed by atoms with Crippen molar-refractivity contribution in [2.24, 2.45) is 0 Å². The molecule has 2 heterocycles. The highest BCUT2D eigenvalue weighted by Gasteiger charge is 2.25. The van der Waals surface area contributed by atoms with E-state index in [0.29, 0.717) is 0 Å². The van der Waals surface area contributed by atoms with E-state index in [4.69, 9.17) is 11.6 Å². The van der Waals surface area contributed by atoms with Gasteiger partial charge in [0.15, 0.2) is 5.82 Å². The van der Waals surface area contributed by atoms with E-state index in [0.717, 1.165) is 40.2 Å². The molecule has 1 aliphatic rings. The molecule has 1 N–H and O–H groups in total. The lowest BCUT2D eigenvalue weighted by molar-refractivity contribution is 0.725. The van der Waals surface area contributed by atoms with E-state index in [1.165, 1.54) is 5.56 Å². The van der Waals surface area contributed by atoms with Crippen LogP contribution in [0.1, 0.15) is 24.2 Å². The van der Waals surface area contributed by atoms with Gasteiger partial charge in [0.25, 0.3) is 0 Å². The van der Waals surface area contributed by atoms with Crippen LogP contribution in [-0.4, -0.2) is 21.3 Å². The van der Waals surface area contributed by atoms with Gasteiger partial charge in [0.1, 0.15) is 5.82 Å². The number of benzene rings is 2. The van der Waals surface area contributed by atoms with Crippen molar-refractivity contribution in [3.05, 3.63) is 58.9 Å². The van der Waals surface area contributed by atoms with Crippen LogP contribution >= 0.6 is 11.6 Å². The number of hydrogen-bond acceptors (Lipinski definition) is 3. The van der Waals surface area contributed by atoms with E-state index in [9.17, 15) is 0 Å². The molecule has 2 aromatic carbocycles. The predicted molar refractivity (Wildman–Crippen MR) is 93.4 cm³/mol. The maximum absolute atomic E-state index is 6.17. The number of hydrogen-bond donors (Lipinski definition) is 1. The van der Waals surface area contributed by atoms with E-state index < -0.39 is 0 Å². The molecule has 0 radical (unpaired) electrons. The van der Waals surface area contributed by atoms with Gasteiger partial charge in [0, 0.05) is 23.0 Å². The van der Waals surface area contributed by atoms with Crippen molar-refractivity contribution in [3.8, 4) is 17.1 Å². The van der Waals surface area contributed by atoms with E-state index in [1.54, 1.807) is 0 Å². The smallest absolute Gasteiger partial charge is 0.168 e. The largest absolute Gasteiger partial charge is 0.383 e. The van der Waals surface area contributed by atoms with E-state index >= 15 is 0 Å². The lowest BCUT2D eigenvalue weighted by Crippen LogP contribution is -2.09.